The van der Waals surface area contributed by atoms with Gasteiger partial charge in [-0.15, -0.1) is 56.7 Å². The molecular formula is C86H61F16N35O5S5. The van der Waals surface area contributed by atoms with Gasteiger partial charge in [0.2, 0.25) is 0 Å². The van der Waals surface area contributed by atoms with Crippen LogP contribution in [0.3, 0.4) is 0 Å². The standard InChI is InChI=1S/C18H12F5N7OS.C17H11F4N7OS.C17H12F3N7OS.2C17H13F2N7OS/c19-17(20)30-7-12(14(28-30)11-3-1-2-4-24-11)26-15(31)13-8-32-16(27-13)10-5-25-29(6-10)9-18(21,22)23;18-16(19)27-6-9(5-23-27)15-25-12(8-30-15)14(29)24-11-7-28(17(20)21)26-13(11)10-3-1-2-4-22-10;18-17(19,20)9-27-7-12(14(26-27)11-3-1-2-4-21-11)24-15(28)13-8-29-16(25-13)10-5-22-23-6-10;2*1-9-10(6-21-24-9)16-23-13(8-28-16)15(27)22-12-7-26(17(18)19)25-14(12)11-4-2-3-5-20-11/h1-8,17H,9H2,(H,26,31);1-8,16-17H,(H,24,29);1-8H,9H2,(H,22,23)(H,24,28);2*2-8,17H,1H3,(H,21,24)(H,22,27). The van der Waals surface area contributed by atoms with Crippen LogP contribution in [0, 0.1) is 13.8 Å². The van der Waals surface area contributed by atoms with Crippen LogP contribution in [0.4, 0.5) is 98.7 Å². The lowest BCUT2D eigenvalue weighted by molar-refractivity contribution is -0.143. The molecule has 752 valence electrons. The zero-order valence-electron chi connectivity index (χ0n) is 73.9. The molecule has 0 unspecified atom stereocenters. The largest absolute Gasteiger partial charge is 0.408 e. The van der Waals surface area contributed by atoms with Crippen LogP contribution < -0.4 is 26.6 Å². The van der Waals surface area contributed by atoms with Gasteiger partial charge in [-0.25, -0.2) is 48.3 Å². The summed E-state index contributed by atoms with van der Waals surface area (Å²) in [6.07, 6.45) is 14.9. The SMILES string of the molecule is Cc1[nH]ncc1-c1nc(C(=O)Nc2cn(C(F)F)nc2-c2ccccn2)cs1.Cc1[nH]ncc1-c1nc(C(=O)Nc2cn(C(F)F)nc2-c2ccccn2)cs1.O=C(Nc1cn(C(F)F)nc1-c1ccccn1)c1csc(-c2cnn(C(F)F)c2)n1.O=C(Nc1cn(C(F)F)nc1-c1ccccn1)c1csc(-c2cnn(CC(F)(F)F)c2)n1.O=C(Nc1cn(CC(F)(F)F)nc1-c1ccccn1)c1csc(-c2cn[nH]c2)n1. The molecule has 40 nitrogen and oxygen atoms in total. The second-order valence-electron chi connectivity index (χ2n) is 29.7. The molecule has 0 aliphatic heterocycles. The lowest BCUT2D eigenvalue weighted by Crippen LogP contribution is -2.18. The van der Waals surface area contributed by atoms with Crippen LogP contribution in [0.5, 0.6) is 0 Å². The molecule has 20 heterocycles. The number of pyridine rings is 5. The molecule has 147 heavy (non-hydrogen) atoms. The van der Waals surface area contributed by atoms with E-state index < -0.39 is 87.7 Å². The van der Waals surface area contributed by atoms with E-state index in [2.05, 4.69) is 143 Å². The van der Waals surface area contributed by atoms with E-state index >= 15 is 0 Å². The summed E-state index contributed by atoms with van der Waals surface area (Å²) in [5, 5.41) is 69.1. The summed E-state index contributed by atoms with van der Waals surface area (Å²) in [5.41, 5.74) is 7.55. The molecule has 0 radical (unpaired) electrons. The van der Waals surface area contributed by atoms with Crippen molar-refractivity contribution in [3.05, 3.63) is 269 Å². The van der Waals surface area contributed by atoms with Crippen molar-refractivity contribution in [3.63, 3.8) is 0 Å². The normalized spacial score (nSPS) is 11.4. The minimum atomic E-state index is -4.46. The Morgan fingerprint density at radius 1 is 0.327 bits per heavy atom. The van der Waals surface area contributed by atoms with Gasteiger partial charge in [0.1, 0.15) is 95.1 Å². The van der Waals surface area contributed by atoms with Gasteiger partial charge in [0.05, 0.1) is 124 Å². The number of nitrogens with zero attached hydrogens (tertiary/aromatic N) is 27. The molecular weight excluding hydrogens is 2070 g/mol. The number of anilines is 5. The number of halogens is 16. The number of hydrogen-bond acceptors (Lipinski definition) is 30. The Kier molecular flexibility index (Phi) is 31.4. The maximum Gasteiger partial charge on any atom is 0.408 e. The average molecular weight is 2130 g/mol. The number of nitrogens with one attached hydrogen (secondary N) is 8. The highest BCUT2D eigenvalue weighted by molar-refractivity contribution is 7.14. The molecule has 20 aromatic rings. The molecule has 0 saturated heterocycles. The van der Waals surface area contributed by atoms with Gasteiger partial charge < -0.3 is 26.6 Å². The number of H-pyrrole nitrogens is 3. The van der Waals surface area contributed by atoms with E-state index in [0.29, 0.717) is 82.0 Å². The number of carbonyl (C=O) groups is 5. The number of amides is 5. The fraction of sp³-hybridized carbons (Fsp3) is 0.128. The minimum absolute atomic E-state index is 0.00143. The smallest absolute Gasteiger partial charge is 0.317 e. The predicted octanol–water partition coefficient (Wildman–Crippen LogP) is 19.9. The second kappa shape index (κ2) is 45.2. The summed E-state index contributed by atoms with van der Waals surface area (Å²) < 4.78 is 209. The Balaban J connectivity index is 0.000000131. The Hall–Kier alpha value is -17.8. The van der Waals surface area contributed by atoms with Crippen molar-refractivity contribution in [1.82, 2.24) is 149 Å². The van der Waals surface area contributed by atoms with Crippen LogP contribution >= 0.6 is 56.7 Å². The maximum atomic E-state index is 13.1. The van der Waals surface area contributed by atoms with Crippen molar-refractivity contribution < 1.29 is 94.2 Å². The first-order chi connectivity index (χ1) is 70.5. The summed E-state index contributed by atoms with van der Waals surface area (Å²) in [4.78, 5) is 105. The molecule has 0 saturated carbocycles. The van der Waals surface area contributed by atoms with Crippen molar-refractivity contribution in [2.75, 3.05) is 26.6 Å². The topological polar surface area (TPSA) is 485 Å². The van der Waals surface area contributed by atoms with Gasteiger partial charge >= 0.3 is 45.1 Å². The average Bonchev–Trinajstić information content (AvgIpc) is 1.71. The van der Waals surface area contributed by atoms with Gasteiger partial charge in [0.25, 0.3) is 29.5 Å². The molecule has 20 aromatic heterocycles. The Morgan fingerprint density at radius 3 is 0.905 bits per heavy atom. The fourth-order valence-corrected chi connectivity index (χ4v) is 16.9. The highest BCUT2D eigenvalue weighted by Crippen LogP contribution is 2.38. The summed E-state index contributed by atoms with van der Waals surface area (Å²) in [7, 11) is 0. The van der Waals surface area contributed by atoms with E-state index in [1.54, 1.807) is 132 Å². The minimum Gasteiger partial charge on any atom is -0.317 e. The van der Waals surface area contributed by atoms with E-state index in [-0.39, 0.29) is 96.1 Å². The van der Waals surface area contributed by atoms with Crippen LogP contribution in [-0.2, 0) is 13.1 Å². The molecule has 61 heteroatoms. The molecule has 0 aliphatic rings. The molecule has 0 atom stereocenters. The number of alkyl halides is 16. The van der Waals surface area contributed by atoms with Crippen molar-refractivity contribution in [2.45, 2.75) is 72.0 Å². The van der Waals surface area contributed by atoms with Crippen molar-refractivity contribution in [1.29, 1.82) is 0 Å². The number of rotatable bonds is 27. The van der Waals surface area contributed by atoms with Crippen molar-refractivity contribution in [2.24, 2.45) is 0 Å². The van der Waals surface area contributed by atoms with Crippen LogP contribution in [0.1, 0.15) is 96.6 Å². The summed E-state index contributed by atoms with van der Waals surface area (Å²) in [5.74, 6) is -3.02. The van der Waals surface area contributed by atoms with Gasteiger partial charge in [0.15, 0.2) is 0 Å². The highest BCUT2D eigenvalue weighted by Gasteiger charge is 2.33. The third-order valence-electron chi connectivity index (χ3n) is 19.4. The summed E-state index contributed by atoms with van der Waals surface area (Å²) in [6.45, 7) is -13.2. The molecule has 8 N–H and O–H groups in total. The zero-order valence-corrected chi connectivity index (χ0v) is 78.0. The van der Waals surface area contributed by atoms with Crippen LogP contribution in [0.25, 0.3) is 110 Å². The number of hydrogen-bond donors (Lipinski definition) is 8. The van der Waals surface area contributed by atoms with Crippen LogP contribution in [-0.4, -0.2) is 191 Å². The third-order valence-corrected chi connectivity index (χ3v) is 23.9. The number of aromatic amines is 3. The van der Waals surface area contributed by atoms with Gasteiger partial charge in [-0.05, 0) is 74.5 Å². The lowest BCUT2D eigenvalue weighted by Gasteiger charge is -2.05. The van der Waals surface area contributed by atoms with Crippen LogP contribution in [0.2, 0.25) is 0 Å². The molecule has 0 aromatic carbocycles. The van der Waals surface area contributed by atoms with Gasteiger partial charge in [-0.2, -0.15) is 121 Å². The second-order valence-corrected chi connectivity index (χ2v) is 34.0. The van der Waals surface area contributed by atoms with E-state index in [4.69, 9.17) is 0 Å². The Labute approximate surface area is 830 Å². The van der Waals surface area contributed by atoms with Crippen LogP contribution in [0.15, 0.2) is 229 Å². The lowest BCUT2D eigenvalue weighted by atomic mass is 10.2. The first kappa shape index (κ1) is 102. The first-order valence-electron chi connectivity index (χ1n) is 41.5. The Morgan fingerprint density at radius 2 is 0.619 bits per heavy atom. The van der Waals surface area contributed by atoms with Crippen molar-refractivity contribution >= 4 is 115 Å². The predicted molar refractivity (Wildman–Crippen MR) is 501 cm³/mol. The number of aromatic nitrogens is 30. The van der Waals surface area contributed by atoms with E-state index in [1.165, 1.54) is 94.3 Å². The highest BCUT2D eigenvalue weighted by atomic mass is 32.1. The maximum absolute atomic E-state index is 13.1. The van der Waals surface area contributed by atoms with Gasteiger partial charge in [-0.1, -0.05) is 30.3 Å². The van der Waals surface area contributed by atoms with Gasteiger partial charge in [-0.3, -0.25) is 73.6 Å². The molecule has 0 spiro atoms. The molecule has 0 fully saturated rings. The third kappa shape index (κ3) is 25.7. The van der Waals surface area contributed by atoms with E-state index in [9.17, 15) is 94.2 Å². The number of carbonyl (C=O) groups excluding carboxylic acids is 5. The Bertz CT molecular complexity index is 7710. The zero-order chi connectivity index (χ0) is 104. The van der Waals surface area contributed by atoms with E-state index in [0.717, 1.165) is 92.6 Å². The van der Waals surface area contributed by atoms with E-state index in [1.807, 2.05) is 13.8 Å². The monoisotopic (exact) mass is 2130 g/mol. The van der Waals surface area contributed by atoms with Gasteiger partial charge in [0, 0.05) is 111 Å². The molecule has 20 rings (SSSR count). The number of aryl methyl sites for hydroxylation is 2. The summed E-state index contributed by atoms with van der Waals surface area (Å²) >= 11 is 5.90. The molecule has 0 bridgehead atoms. The molecule has 5 amide bonds. The number of thiazole rings is 5. The molecule has 0 aliphatic carbocycles. The fourth-order valence-electron chi connectivity index (χ4n) is 12.8. The quantitative estimate of drug-likeness (QED) is 0.0222. The summed E-state index contributed by atoms with van der Waals surface area (Å²) in [6, 6.07) is 24.7. The van der Waals surface area contributed by atoms with Crippen molar-refractivity contribution in [3.8, 4) is 110 Å². The first-order valence-corrected chi connectivity index (χ1v) is 45.9.